The molecule has 0 radical (unpaired) electrons. The molecule has 0 aliphatic rings. The predicted molar refractivity (Wildman–Crippen MR) is 51.9 cm³/mol. The highest BCUT2D eigenvalue weighted by molar-refractivity contribution is 6.61. The maximum atomic E-state index is 9.79. The van der Waals surface area contributed by atoms with Crippen molar-refractivity contribution in [2.24, 2.45) is 5.73 Å². The highest BCUT2D eigenvalue weighted by Crippen LogP contribution is 1.83. The molecule has 0 saturated heterocycles. The molecule has 1 atom stereocenters. The van der Waals surface area contributed by atoms with Crippen LogP contribution in [-0.4, -0.2) is 29.2 Å². The Labute approximate surface area is 87.2 Å². The summed E-state index contributed by atoms with van der Waals surface area (Å²) in [6.07, 6.45) is 4.63. The van der Waals surface area contributed by atoms with Crippen LogP contribution in [0.3, 0.4) is 0 Å². The van der Waals surface area contributed by atoms with E-state index in [1.54, 1.807) is 6.92 Å². The summed E-state index contributed by atoms with van der Waals surface area (Å²) in [5.74, 6) is 1.13. The first-order valence-electron chi connectivity index (χ1n) is 3.69. The molecule has 0 saturated carbocycles. The van der Waals surface area contributed by atoms with Crippen molar-refractivity contribution in [2.75, 3.05) is 6.61 Å². The van der Waals surface area contributed by atoms with Gasteiger partial charge in [-0.25, -0.2) is 4.79 Å². The molecule has 6 heteroatoms. The Hall–Kier alpha value is -1.25. The fourth-order valence-corrected chi connectivity index (χ4v) is 0.470. The summed E-state index contributed by atoms with van der Waals surface area (Å²) in [5, 5.41) is 8.04. The van der Waals surface area contributed by atoms with Gasteiger partial charge >= 0.3 is 11.4 Å². The Bertz CT molecular complexity index is 224. The van der Waals surface area contributed by atoms with E-state index in [4.69, 9.17) is 28.9 Å². The molecule has 0 aromatic carbocycles. The van der Waals surface area contributed by atoms with E-state index in [1.807, 2.05) is 0 Å². The molecule has 0 aromatic heterocycles. The van der Waals surface area contributed by atoms with E-state index in [9.17, 15) is 9.59 Å². The quantitative estimate of drug-likeness (QED) is 0.544. The van der Waals surface area contributed by atoms with Gasteiger partial charge in [-0.05, 0) is 6.92 Å². The fourth-order valence-electron chi connectivity index (χ4n) is 0.361. The van der Waals surface area contributed by atoms with Gasteiger partial charge in [0.1, 0.15) is 0 Å². The lowest BCUT2D eigenvalue weighted by atomic mass is 10.2. The van der Waals surface area contributed by atoms with Gasteiger partial charge in [0.05, 0.1) is 19.1 Å². The number of rotatable bonds is 3. The van der Waals surface area contributed by atoms with E-state index in [0.717, 1.165) is 0 Å². The number of carboxylic acids is 1. The second-order valence-electron chi connectivity index (χ2n) is 2.04. The third kappa shape index (κ3) is 17.0. The van der Waals surface area contributed by atoms with E-state index in [0.29, 0.717) is 6.61 Å². The van der Waals surface area contributed by atoms with E-state index >= 15 is 0 Å². The Morgan fingerprint density at radius 2 is 2.21 bits per heavy atom. The van der Waals surface area contributed by atoms with Crippen molar-refractivity contribution in [2.45, 2.75) is 19.4 Å². The zero-order chi connectivity index (χ0) is 11.6. The monoisotopic (exact) mass is 221 g/mol. The van der Waals surface area contributed by atoms with Gasteiger partial charge in [-0.1, -0.05) is 5.92 Å². The minimum absolute atomic E-state index is 0.156. The Balaban J connectivity index is 0. The average Bonchev–Trinajstić information content (AvgIpc) is 2.03. The average molecular weight is 222 g/mol. The maximum Gasteiger partial charge on any atom is 0.403 e. The van der Waals surface area contributed by atoms with E-state index in [2.05, 4.69) is 10.7 Å². The lowest BCUT2D eigenvalue weighted by Gasteiger charge is -1.94. The minimum atomic E-state index is -0.963. The number of carbonyl (C=O) groups excluding carboxylic acids is 1. The standard InChI is InChI=1S/C5H7NO2.C3H5ClO2/c1-2-4(6)3-5(7)8;1-2-6-3(4)5/h1,4H,3,6H2,(H,7,8);2H2,1H3. The summed E-state index contributed by atoms with van der Waals surface area (Å²) >= 11 is 4.72. The number of carbonyl (C=O) groups is 2. The summed E-state index contributed by atoms with van der Waals surface area (Å²) in [5.41, 5.74) is 4.32. The number of terminal acetylenes is 1. The molecule has 0 rings (SSSR count). The van der Waals surface area contributed by atoms with Crippen LogP contribution in [0.25, 0.3) is 0 Å². The Morgan fingerprint density at radius 1 is 1.71 bits per heavy atom. The SMILES string of the molecule is C#CC(N)CC(=O)O.CCOC(=O)Cl. The molecule has 1 unspecified atom stereocenters. The molecule has 0 fully saturated rings. The van der Waals surface area contributed by atoms with Crippen LogP contribution in [0, 0.1) is 12.3 Å². The van der Waals surface area contributed by atoms with Crippen molar-refractivity contribution in [3.05, 3.63) is 0 Å². The van der Waals surface area contributed by atoms with E-state index in [-0.39, 0.29) is 6.42 Å². The molecule has 0 bridgehead atoms. The lowest BCUT2D eigenvalue weighted by Crippen LogP contribution is -2.20. The molecule has 0 aliphatic carbocycles. The zero-order valence-corrected chi connectivity index (χ0v) is 8.45. The van der Waals surface area contributed by atoms with Crippen LogP contribution in [0.4, 0.5) is 4.79 Å². The molecule has 80 valence electrons. The number of hydrogen-bond donors (Lipinski definition) is 2. The number of halogens is 1. The second kappa shape index (κ2) is 9.84. The zero-order valence-electron chi connectivity index (χ0n) is 7.70. The fraction of sp³-hybridized carbons (Fsp3) is 0.500. The highest BCUT2D eigenvalue weighted by Gasteiger charge is 2.01. The van der Waals surface area contributed by atoms with Gasteiger partial charge < -0.3 is 15.6 Å². The number of aliphatic carboxylic acids is 1. The number of hydrogen-bond acceptors (Lipinski definition) is 4. The lowest BCUT2D eigenvalue weighted by molar-refractivity contribution is -0.137. The van der Waals surface area contributed by atoms with Gasteiger partial charge in [-0.2, -0.15) is 0 Å². The maximum absolute atomic E-state index is 9.79. The van der Waals surface area contributed by atoms with E-state index < -0.39 is 17.4 Å². The van der Waals surface area contributed by atoms with Crippen LogP contribution < -0.4 is 5.73 Å². The van der Waals surface area contributed by atoms with Crippen molar-refractivity contribution in [3.8, 4) is 12.3 Å². The van der Waals surface area contributed by atoms with Gasteiger partial charge in [0.25, 0.3) is 0 Å². The summed E-state index contributed by atoms with van der Waals surface area (Å²) in [4.78, 5) is 19.4. The van der Waals surface area contributed by atoms with Crippen molar-refractivity contribution < 1.29 is 19.4 Å². The van der Waals surface area contributed by atoms with Gasteiger partial charge in [0.15, 0.2) is 0 Å². The topological polar surface area (TPSA) is 89.6 Å². The minimum Gasteiger partial charge on any atom is -0.481 e. The van der Waals surface area contributed by atoms with E-state index in [1.165, 1.54) is 0 Å². The number of ether oxygens (including phenoxy) is 1. The normalized spacial score (nSPS) is 10.1. The van der Waals surface area contributed by atoms with Crippen LogP contribution in [0.5, 0.6) is 0 Å². The van der Waals surface area contributed by atoms with Crippen LogP contribution in [0.15, 0.2) is 0 Å². The summed E-state index contributed by atoms with van der Waals surface area (Å²) in [7, 11) is 0. The molecule has 0 heterocycles. The Morgan fingerprint density at radius 3 is 2.29 bits per heavy atom. The second-order valence-corrected chi connectivity index (χ2v) is 2.35. The highest BCUT2D eigenvalue weighted by atomic mass is 35.5. The summed E-state index contributed by atoms with van der Waals surface area (Å²) < 4.78 is 4.17. The smallest absolute Gasteiger partial charge is 0.403 e. The first-order chi connectivity index (χ1) is 6.43. The van der Waals surface area contributed by atoms with Gasteiger partial charge in [0.2, 0.25) is 0 Å². The van der Waals surface area contributed by atoms with Crippen molar-refractivity contribution in [1.29, 1.82) is 0 Å². The van der Waals surface area contributed by atoms with Crippen LogP contribution >= 0.6 is 11.6 Å². The number of nitrogens with two attached hydrogens (primary N) is 1. The van der Waals surface area contributed by atoms with Crippen LogP contribution in [0.1, 0.15) is 13.3 Å². The van der Waals surface area contributed by atoms with Gasteiger partial charge in [0, 0.05) is 11.6 Å². The molecule has 3 N–H and O–H groups in total. The largest absolute Gasteiger partial charge is 0.481 e. The van der Waals surface area contributed by atoms with Crippen LogP contribution in [0.2, 0.25) is 0 Å². The molecule has 5 nitrogen and oxygen atoms in total. The summed E-state index contributed by atoms with van der Waals surface area (Å²) in [6, 6.07) is -0.646. The molecular weight excluding hydrogens is 210 g/mol. The summed E-state index contributed by atoms with van der Waals surface area (Å²) in [6.45, 7) is 2.04. The van der Waals surface area contributed by atoms with Gasteiger partial charge in [-0.3, -0.25) is 4.79 Å². The Kier molecular flexibility index (Phi) is 10.7. The first kappa shape index (κ1) is 15.2. The molecule has 14 heavy (non-hydrogen) atoms. The molecule has 0 amide bonds. The predicted octanol–water partition coefficient (Wildman–Crippen LogP) is 0.803. The first-order valence-corrected chi connectivity index (χ1v) is 4.07. The molecular formula is C8H12ClNO4. The van der Waals surface area contributed by atoms with Gasteiger partial charge in [-0.15, -0.1) is 6.42 Å². The van der Waals surface area contributed by atoms with Crippen molar-refractivity contribution >= 4 is 23.0 Å². The molecule has 0 aromatic rings. The number of carboxylic acid groups (broad SMARTS) is 1. The molecule has 0 aliphatic heterocycles. The molecule has 0 spiro atoms. The van der Waals surface area contributed by atoms with Crippen LogP contribution in [-0.2, 0) is 9.53 Å². The van der Waals surface area contributed by atoms with Crippen molar-refractivity contribution in [1.82, 2.24) is 0 Å². The van der Waals surface area contributed by atoms with Crippen molar-refractivity contribution in [3.63, 3.8) is 0 Å². The third-order valence-electron chi connectivity index (χ3n) is 0.866. The third-order valence-corrected chi connectivity index (χ3v) is 0.976.